The number of aryl methyl sites for hydroxylation is 1. The van der Waals surface area contributed by atoms with Gasteiger partial charge in [0.25, 0.3) is 5.91 Å². The highest BCUT2D eigenvalue weighted by molar-refractivity contribution is 6.05. The molecule has 3 aromatic rings. The number of pyridine rings is 1. The Labute approximate surface area is 141 Å². The Kier molecular flexibility index (Phi) is 4.57. The maximum absolute atomic E-state index is 12.5. The van der Waals surface area contributed by atoms with Crippen LogP contribution in [-0.2, 0) is 0 Å². The lowest BCUT2D eigenvalue weighted by atomic mass is 10.1. The molecule has 120 valence electrons. The number of anilines is 1. The maximum Gasteiger partial charge on any atom is 0.257 e. The van der Waals surface area contributed by atoms with Gasteiger partial charge in [-0.3, -0.25) is 9.78 Å². The second-order valence-electron chi connectivity index (χ2n) is 5.46. The molecule has 0 unspecified atom stereocenters. The van der Waals surface area contributed by atoms with Gasteiger partial charge >= 0.3 is 0 Å². The summed E-state index contributed by atoms with van der Waals surface area (Å²) in [5, 5.41) is 2.92. The van der Waals surface area contributed by atoms with Crippen molar-refractivity contribution < 1.29 is 9.53 Å². The molecule has 4 nitrogen and oxygen atoms in total. The molecule has 1 aromatic heterocycles. The van der Waals surface area contributed by atoms with Gasteiger partial charge in [-0.05, 0) is 42.3 Å². The fourth-order valence-corrected chi connectivity index (χ4v) is 2.43. The Morgan fingerprint density at radius 2 is 1.83 bits per heavy atom. The van der Waals surface area contributed by atoms with Crippen molar-refractivity contribution in [3.8, 4) is 16.9 Å². The van der Waals surface area contributed by atoms with Gasteiger partial charge in [-0.1, -0.05) is 30.3 Å². The maximum atomic E-state index is 12.5. The summed E-state index contributed by atoms with van der Waals surface area (Å²) >= 11 is 0. The number of benzene rings is 2. The predicted molar refractivity (Wildman–Crippen MR) is 95.4 cm³/mol. The van der Waals surface area contributed by atoms with Gasteiger partial charge < -0.3 is 10.1 Å². The van der Waals surface area contributed by atoms with Crippen molar-refractivity contribution >= 4 is 11.6 Å². The molecule has 0 radical (unpaired) electrons. The number of rotatable bonds is 4. The number of para-hydroxylation sites is 1. The van der Waals surface area contributed by atoms with Crippen LogP contribution in [0.4, 0.5) is 5.69 Å². The summed E-state index contributed by atoms with van der Waals surface area (Å²) in [5.41, 5.74) is 4.15. The van der Waals surface area contributed by atoms with E-state index in [0.29, 0.717) is 5.56 Å². The van der Waals surface area contributed by atoms with E-state index in [9.17, 15) is 4.79 Å². The van der Waals surface area contributed by atoms with Gasteiger partial charge in [-0.2, -0.15) is 0 Å². The Morgan fingerprint density at radius 3 is 2.62 bits per heavy atom. The standard InChI is InChI=1S/C20H18N2O2/c1-14-6-3-4-9-19(14)22-20(23)17-10-16(12-21-13-17)15-7-5-8-18(11-15)24-2/h3-13H,1-2H3,(H,22,23). The second kappa shape index (κ2) is 6.96. The Bertz CT molecular complexity index is 875. The van der Waals surface area contributed by atoms with Crippen molar-refractivity contribution in [1.29, 1.82) is 0 Å². The normalized spacial score (nSPS) is 10.2. The number of nitrogens with zero attached hydrogens (tertiary/aromatic N) is 1. The van der Waals surface area contributed by atoms with Gasteiger partial charge in [0.15, 0.2) is 0 Å². The van der Waals surface area contributed by atoms with Crippen LogP contribution in [0.3, 0.4) is 0 Å². The van der Waals surface area contributed by atoms with E-state index < -0.39 is 0 Å². The lowest BCUT2D eigenvalue weighted by molar-refractivity contribution is 0.102. The lowest BCUT2D eigenvalue weighted by Gasteiger charge is -2.09. The van der Waals surface area contributed by atoms with Gasteiger partial charge in [0.1, 0.15) is 5.75 Å². The zero-order valence-corrected chi connectivity index (χ0v) is 13.6. The average molecular weight is 318 g/mol. The van der Waals surface area contributed by atoms with Crippen LogP contribution in [0.25, 0.3) is 11.1 Å². The molecule has 0 aliphatic heterocycles. The van der Waals surface area contributed by atoms with E-state index in [1.54, 1.807) is 19.5 Å². The van der Waals surface area contributed by atoms with E-state index in [-0.39, 0.29) is 5.91 Å². The highest BCUT2D eigenvalue weighted by atomic mass is 16.5. The van der Waals surface area contributed by atoms with Crippen LogP contribution in [0.5, 0.6) is 5.75 Å². The van der Waals surface area contributed by atoms with Crippen LogP contribution in [0, 0.1) is 6.92 Å². The lowest BCUT2D eigenvalue weighted by Crippen LogP contribution is -2.13. The molecule has 0 atom stereocenters. The molecule has 3 rings (SSSR count). The molecule has 2 aromatic carbocycles. The van der Waals surface area contributed by atoms with Gasteiger partial charge in [0, 0.05) is 23.6 Å². The van der Waals surface area contributed by atoms with Crippen molar-refractivity contribution in [2.24, 2.45) is 0 Å². The molecule has 0 fully saturated rings. The number of nitrogens with one attached hydrogen (secondary N) is 1. The summed E-state index contributed by atoms with van der Waals surface area (Å²) in [5.74, 6) is 0.587. The van der Waals surface area contributed by atoms with E-state index in [4.69, 9.17) is 4.74 Å². The smallest absolute Gasteiger partial charge is 0.257 e. The molecule has 1 N–H and O–H groups in total. The molecule has 0 aliphatic carbocycles. The minimum atomic E-state index is -0.179. The Morgan fingerprint density at radius 1 is 1.00 bits per heavy atom. The van der Waals surface area contributed by atoms with Crippen LogP contribution in [0.15, 0.2) is 67.0 Å². The Hall–Kier alpha value is -3.14. The quantitative estimate of drug-likeness (QED) is 0.779. The molecule has 1 amide bonds. The van der Waals surface area contributed by atoms with Crippen molar-refractivity contribution in [2.45, 2.75) is 6.92 Å². The summed E-state index contributed by atoms with van der Waals surface area (Å²) < 4.78 is 5.25. The van der Waals surface area contributed by atoms with Crippen molar-refractivity contribution in [3.05, 3.63) is 78.1 Å². The van der Waals surface area contributed by atoms with Crippen LogP contribution < -0.4 is 10.1 Å². The van der Waals surface area contributed by atoms with E-state index in [2.05, 4.69) is 10.3 Å². The van der Waals surface area contributed by atoms with Crippen molar-refractivity contribution in [2.75, 3.05) is 12.4 Å². The Balaban J connectivity index is 1.87. The first-order valence-electron chi connectivity index (χ1n) is 7.64. The summed E-state index contributed by atoms with van der Waals surface area (Å²) in [4.78, 5) is 16.7. The molecule has 0 bridgehead atoms. The highest BCUT2D eigenvalue weighted by Crippen LogP contribution is 2.24. The molecule has 0 spiro atoms. The second-order valence-corrected chi connectivity index (χ2v) is 5.46. The SMILES string of the molecule is COc1cccc(-c2cncc(C(=O)Nc3ccccc3C)c2)c1. The summed E-state index contributed by atoms with van der Waals surface area (Å²) in [6.45, 7) is 1.96. The van der Waals surface area contributed by atoms with Gasteiger partial charge in [0.2, 0.25) is 0 Å². The molecule has 0 aliphatic rings. The summed E-state index contributed by atoms with van der Waals surface area (Å²) in [6, 6.07) is 17.2. The third-order valence-electron chi connectivity index (χ3n) is 3.80. The molecule has 24 heavy (non-hydrogen) atoms. The third-order valence-corrected chi connectivity index (χ3v) is 3.80. The number of hydrogen-bond donors (Lipinski definition) is 1. The minimum absolute atomic E-state index is 0.179. The van der Waals surface area contributed by atoms with E-state index in [1.165, 1.54) is 0 Å². The average Bonchev–Trinajstić information content (AvgIpc) is 2.64. The monoisotopic (exact) mass is 318 g/mol. The molecule has 4 heteroatoms. The largest absolute Gasteiger partial charge is 0.497 e. The van der Waals surface area contributed by atoms with Crippen LogP contribution in [0.1, 0.15) is 15.9 Å². The van der Waals surface area contributed by atoms with Crippen LogP contribution in [-0.4, -0.2) is 18.0 Å². The zero-order chi connectivity index (χ0) is 16.9. The van der Waals surface area contributed by atoms with Gasteiger partial charge in [-0.15, -0.1) is 0 Å². The first kappa shape index (κ1) is 15.7. The van der Waals surface area contributed by atoms with Crippen LogP contribution in [0.2, 0.25) is 0 Å². The molecule has 0 saturated carbocycles. The first-order valence-corrected chi connectivity index (χ1v) is 7.64. The summed E-state index contributed by atoms with van der Waals surface area (Å²) in [6.07, 6.45) is 3.30. The number of carbonyl (C=O) groups is 1. The molecule has 0 saturated heterocycles. The highest BCUT2D eigenvalue weighted by Gasteiger charge is 2.10. The minimum Gasteiger partial charge on any atom is -0.497 e. The summed E-state index contributed by atoms with van der Waals surface area (Å²) in [7, 11) is 1.63. The molecular weight excluding hydrogens is 300 g/mol. The van der Waals surface area contributed by atoms with E-state index >= 15 is 0 Å². The topological polar surface area (TPSA) is 51.2 Å². The molecular formula is C20H18N2O2. The van der Waals surface area contributed by atoms with E-state index in [1.807, 2.05) is 61.5 Å². The number of amides is 1. The number of methoxy groups -OCH3 is 1. The number of hydrogen-bond acceptors (Lipinski definition) is 3. The fraction of sp³-hybridized carbons (Fsp3) is 0.100. The van der Waals surface area contributed by atoms with E-state index in [0.717, 1.165) is 28.1 Å². The van der Waals surface area contributed by atoms with Crippen molar-refractivity contribution in [1.82, 2.24) is 4.98 Å². The third kappa shape index (κ3) is 3.43. The van der Waals surface area contributed by atoms with Crippen LogP contribution >= 0.6 is 0 Å². The van der Waals surface area contributed by atoms with Gasteiger partial charge in [0.05, 0.1) is 12.7 Å². The zero-order valence-electron chi connectivity index (χ0n) is 13.6. The number of carbonyl (C=O) groups excluding carboxylic acids is 1. The number of ether oxygens (including phenoxy) is 1. The first-order chi connectivity index (χ1) is 11.7. The van der Waals surface area contributed by atoms with Gasteiger partial charge in [-0.25, -0.2) is 0 Å². The predicted octanol–water partition coefficient (Wildman–Crippen LogP) is 4.32. The fourth-order valence-electron chi connectivity index (χ4n) is 2.43. The number of aromatic nitrogens is 1. The molecule has 1 heterocycles. The van der Waals surface area contributed by atoms with Crippen molar-refractivity contribution in [3.63, 3.8) is 0 Å².